The number of hydrogen-bond acceptors (Lipinski definition) is 13. The maximum absolute atomic E-state index is 12.2. The van der Waals surface area contributed by atoms with E-state index in [1.54, 1.807) is 60.9 Å². The van der Waals surface area contributed by atoms with Crippen LogP contribution in [0, 0.1) is 20.2 Å². The SMILES string of the molecule is CC(=O)OC(C)=O.COc1ccc(Cn2cc(CC(C)=O)ccc2=O)cc1-c1cccc([N+](=O)[O-])c1.COc1ccc(Cn2cc(N)ccc2=O)cc1-c1cccc([N+](=O)[O-])c1. The molecule has 6 aromatic rings. The van der Waals surface area contributed by atoms with Gasteiger partial charge in [-0.2, -0.15) is 0 Å². The second kappa shape index (κ2) is 21.7. The number of nitro groups is 2. The molecule has 0 atom stereocenters. The van der Waals surface area contributed by atoms with Gasteiger partial charge in [0, 0.05) is 85.9 Å². The van der Waals surface area contributed by atoms with Crippen molar-refractivity contribution in [1.29, 1.82) is 0 Å². The van der Waals surface area contributed by atoms with E-state index in [-0.39, 0.29) is 34.7 Å². The summed E-state index contributed by atoms with van der Waals surface area (Å²) in [5.41, 5.74) is 11.1. The highest BCUT2D eigenvalue weighted by Crippen LogP contribution is 2.34. The van der Waals surface area contributed by atoms with Gasteiger partial charge in [0.2, 0.25) is 0 Å². The van der Waals surface area contributed by atoms with Gasteiger partial charge >= 0.3 is 11.9 Å². The number of pyridine rings is 2. The second-order valence-electron chi connectivity index (χ2n) is 13.6. The first kappa shape index (κ1) is 46.5. The molecule has 0 spiro atoms. The molecular formula is C45H43N5O12. The minimum atomic E-state index is -0.562. The fraction of sp³-hybridized carbons (Fsp3) is 0.178. The largest absolute Gasteiger partial charge is 0.496 e. The van der Waals surface area contributed by atoms with E-state index in [2.05, 4.69) is 4.74 Å². The van der Waals surface area contributed by atoms with Gasteiger partial charge in [-0.25, -0.2) is 0 Å². The fourth-order valence-electron chi connectivity index (χ4n) is 6.10. The molecular weight excluding hydrogens is 803 g/mol. The molecule has 0 fully saturated rings. The molecule has 4 aromatic carbocycles. The topological polar surface area (TPSA) is 235 Å². The second-order valence-corrected chi connectivity index (χ2v) is 13.6. The number of aromatic nitrogens is 2. The Morgan fingerprint density at radius 1 is 0.597 bits per heavy atom. The first-order valence-corrected chi connectivity index (χ1v) is 18.6. The van der Waals surface area contributed by atoms with Gasteiger partial charge in [-0.3, -0.25) is 44.2 Å². The normalized spacial score (nSPS) is 10.2. The van der Waals surface area contributed by atoms with Gasteiger partial charge in [-0.1, -0.05) is 42.5 Å². The molecule has 0 aliphatic carbocycles. The van der Waals surface area contributed by atoms with Crippen molar-refractivity contribution in [2.75, 3.05) is 20.0 Å². The number of carbonyl (C=O) groups is 3. The summed E-state index contributed by atoms with van der Waals surface area (Å²) in [6.45, 7) is 4.50. The lowest BCUT2D eigenvalue weighted by atomic mass is 10.0. The van der Waals surface area contributed by atoms with Gasteiger partial charge in [0.25, 0.3) is 22.5 Å². The first-order chi connectivity index (χ1) is 29.5. The van der Waals surface area contributed by atoms with Crippen LogP contribution in [-0.2, 0) is 38.6 Å². The number of nitrogens with zero attached hydrogens (tertiary/aromatic N) is 4. The van der Waals surface area contributed by atoms with Crippen LogP contribution in [0.4, 0.5) is 17.1 Å². The van der Waals surface area contributed by atoms with Gasteiger partial charge in [-0.05, 0) is 65.1 Å². The van der Waals surface area contributed by atoms with Crippen molar-refractivity contribution in [3.05, 3.63) is 179 Å². The number of carbonyl (C=O) groups excluding carboxylic acids is 3. The van der Waals surface area contributed by atoms with Crippen LogP contribution in [-0.4, -0.2) is 50.9 Å². The molecule has 2 aromatic heterocycles. The summed E-state index contributed by atoms with van der Waals surface area (Å²) in [7, 11) is 3.07. The Bertz CT molecular complexity index is 2730. The summed E-state index contributed by atoms with van der Waals surface area (Å²) in [6, 6.07) is 29.7. The standard InChI is InChI=1S/C22H20N2O5.C19H17N3O4.C4H6O3/c1-15(25)10-16-7-9-22(26)23(13-16)14-17-6-8-21(29-2)20(11-17)18-4-3-5-19(12-18)24(27)28;1-26-18-7-5-13(11-21-12-15(20)6-8-19(21)23)9-17(18)14-3-2-4-16(10-14)22(24)25;1-3(5)7-4(2)6/h3-9,11-13H,10,14H2,1-2H3;2-10,12H,11,20H2,1H3;1-2H3. The lowest BCUT2D eigenvalue weighted by Crippen LogP contribution is -2.20. The van der Waals surface area contributed by atoms with Crippen molar-refractivity contribution in [1.82, 2.24) is 9.13 Å². The summed E-state index contributed by atoms with van der Waals surface area (Å²) in [6.07, 6.45) is 3.53. The van der Waals surface area contributed by atoms with Gasteiger partial charge in [0.05, 0.1) is 37.2 Å². The van der Waals surface area contributed by atoms with Gasteiger partial charge in [0.15, 0.2) is 0 Å². The van der Waals surface area contributed by atoms with Crippen molar-refractivity contribution >= 4 is 34.8 Å². The van der Waals surface area contributed by atoms with Crippen molar-refractivity contribution < 1.29 is 38.4 Å². The Hall–Kier alpha value is -8.21. The molecule has 2 N–H and O–H groups in total. The van der Waals surface area contributed by atoms with E-state index in [0.29, 0.717) is 52.5 Å². The molecule has 0 radical (unpaired) electrons. The molecule has 2 heterocycles. The quantitative estimate of drug-likeness (QED) is 0.0580. The van der Waals surface area contributed by atoms with E-state index < -0.39 is 21.8 Å². The minimum Gasteiger partial charge on any atom is -0.496 e. The van der Waals surface area contributed by atoms with Crippen LogP contribution >= 0.6 is 0 Å². The van der Waals surface area contributed by atoms with Crippen molar-refractivity contribution in [2.45, 2.75) is 40.3 Å². The van der Waals surface area contributed by atoms with E-state index >= 15 is 0 Å². The van der Waals surface area contributed by atoms with Crippen molar-refractivity contribution in [2.24, 2.45) is 0 Å². The number of nitrogen functional groups attached to an aromatic ring is 1. The van der Waals surface area contributed by atoms with Gasteiger partial charge < -0.3 is 29.1 Å². The number of ether oxygens (including phenoxy) is 3. The van der Waals surface area contributed by atoms with Crippen molar-refractivity contribution in [3.63, 3.8) is 0 Å². The van der Waals surface area contributed by atoms with Gasteiger partial charge in [-0.15, -0.1) is 0 Å². The molecule has 6 rings (SSSR count). The number of anilines is 1. The van der Waals surface area contributed by atoms with Crippen LogP contribution < -0.4 is 26.3 Å². The lowest BCUT2D eigenvalue weighted by Gasteiger charge is -2.13. The average Bonchev–Trinajstić information content (AvgIpc) is 3.23. The highest BCUT2D eigenvalue weighted by molar-refractivity contribution is 5.82. The monoisotopic (exact) mass is 845 g/mol. The number of methoxy groups -OCH3 is 2. The van der Waals surface area contributed by atoms with Crippen LogP contribution in [0.25, 0.3) is 22.3 Å². The Morgan fingerprint density at radius 2 is 1.03 bits per heavy atom. The zero-order valence-electron chi connectivity index (χ0n) is 34.4. The van der Waals surface area contributed by atoms with E-state index in [1.807, 2.05) is 24.3 Å². The number of nitro benzene ring substituents is 2. The number of non-ortho nitro benzene ring substituents is 2. The van der Waals surface area contributed by atoms with E-state index in [0.717, 1.165) is 16.7 Å². The number of Topliss-reactive ketones (excluding diaryl/α,β-unsaturated/α-hetero) is 1. The maximum Gasteiger partial charge on any atom is 0.310 e. The molecule has 0 amide bonds. The third-order valence-corrected chi connectivity index (χ3v) is 8.76. The molecule has 17 nitrogen and oxygen atoms in total. The summed E-state index contributed by atoms with van der Waals surface area (Å²) in [5.74, 6) is 0.0636. The summed E-state index contributed by atoms with van der Waals surface area (Å²) < 4.78 is 17.8. The molecule has 62 heavy (non-hydrogen) atoms. The zero-order chi connectivity index (χ0) is 45.5. The van der Waals surface area contributed by atoms with Crippen LogP contribution in [0.3, 0.4) is 0 Å². The Morgan fingerprint density at radius 3 is 1.44 bits per heavy atom. The maximum atomic E-state index is 12.2. The fourth-order valence-corrected chi connectivity index (χ4v) is 6.10. The third kappa shape index (κ3) is 13.4. The predicted molar refractivity (Wildman–Crippen MR) is 231 cm³/mol. The highest BCUT2D eigenvalue weighted by Gasteiger charge is 2.14. The summed E-state index contributed by atoms with van der Waals surface area (Å²) >= 11 is 0. The predicted octanol–water partition coefficient (Wildman–Crippen LogP) is 6.77. The molecule has 0 aliphatic heterocycles. The number of benzene rings is 4. The lowest BCUT2D eigenvalue weighted by molar-refractivity contribution is -0.385. The molecule has 0 bridgehead atoms. The molecule has 0 saturated heterocycles. The number of ketones is 1. The average molecular weight is 846 g/mol. The van der Waals surface area contributed by atoms with Crippen LogP contribution in [0.15, 0.2) is 131 Å². The van der Waals surface area contributed by atoms with Crippen LogP contribution in [0.2, 0.25) is 0 Å². The molecule has 0 aliphatic rings. The number of nitrogens with two attached hydrogens (primary N) is 1. The smallest absolute Gasteiger partial charge is 0.310 e. The Labute approximate surface area is 354 Å². The zero-order valence-corrected chi connectivity index (χ0v) is 34.4. The highest BCUT2D eigenvalue weighted by atomic mass is 16.6. The van der Waals surface area contributed by atoms with Crippen LogP contribution in [0.5, 0.6) is 11.5 Å². The molecule has 0 unspecified atom stereocenters. The molecule has 17 heteroatoms. The minimum absolute atomic E-state index is 0.00186. The first-order valence-electron chi connectivity index (χ1n) is 18.6. The number of hydrogen-bond donors (Lipinski definition) is 1. The molecule has 0 saturated carbocycles. The van der Waals surface area contributed by atoms with E-state index in [1.165, 1.54) is 80.5 Å². The van der Waals surface area contributed by atoms with E-state index in [9.17, 15) is 44.2 Å². The van der Waals surface area contributed by atoms with Crippen LogP contribution in [0.1, 0.15) is 37.5 Å². The number of rotatable bonds is 12. The third-order valence-electron chi connectivity index (χ3n) is 8.76. The summed E-state index contributed by atoms with van der Waals surface area (Å²) in [5, 5.41) is 22.1. The van der Waals surface area contributed by atoms with Gasteiger partial charge in [0.1, 0.15) is 17.3 Å². The van der Waals surface area contributed by atoms with E-state index in [4.69, 9.17) is 15.2 Å². The Kier molecular flexibility index (Phi) is 16.3. The molecule has 320 valence electrons. The Balaban J connectivity index is 0.000000237. The number of esters is 2. The van der Waals surface area contributed by atoms with Crippen molar-refractivity contribution in [3.8, 4) is 33.8 Å². The summed E-state index contributed by atoms with van der Waals surface area (Å²) in [4.78, 5) is 76.5.